The summed E-state index contributed by atoms with van der Waals surface area (Å²) >= 11 is 1.29. The van der Waals surface area contributed by atoms with Gasteiger partial charge in [-0.3, -0.25) is 9.36 Å². The molecule has 0 N–H and O–H groups in total. The number of esters is 1. The molecule has 2 aromatic carbocycles. The molecule has 0 spiro atoms. The molecule has 1 aromatic heterocycles. The number of carbonyl (C=O) groups excluding carboxylic acids is 1. The topological polar surface area (TPSA) is 79.1 Å². The van der Waals surface area contributed by atoms with Crippen LogP contribution in [0.4, 0.5) is 0 Å². The molecule has 8 heteroatoms. The lowest BCUT2D eigenvalue weighted by molar-refractivity contribution is -0.139. The quantitative estimate of drug-likeness (QED) is 0.298. The molecule has 1 aliphatic heterocycles. The van der Waals surface area contributed by atoms with Crippen molar-refractivity contribution in [3.8, 4) is 11.5 Å². The van der Waals surface area contributed by atoms with E-state index in [0.717, 1.165) is 23.3 Å². The van der Waals surface area contributed by atoms with E-state index in [1.54, 1.807) is 24.5 Å². The first-order valence-electron chi connectivity index (χ1n) is 12.2. The number of thiazole rings is 1. The van der Waals surface area contributed by atoms with E-state index in [0.29, 0.717) is 39.6 Å². The number of nitrogens with zero attached hydrogens (tertiary/aromatic N) is 2. The van der Waals surface area contributed by atoms with Gasteiger partial charge in [-0.25, -0.2) is 9.79 Å². The Bertz CT molecular complexity index is 1480. The second-order valence-electron chi connectivity index (χ2n) is 8.39. The van der Waals surface area contributed by atoms with Crippen LogP contribution >= 0.6 is 11.3 Å². The molecule has 4 rings (SSSR count). The summed E-state index contributed by atoms with van der Waals surface area (Å²) in [5.41, 5.74) is 2.28. The van der Waals surface area contributed by atoms with E-state index in [2.05, 4.69) is 18.5 Å². The molecule has 37 heavy (non-hydrogen) atoms. The van der Waals surface area contributed by atoms with Gasteiger partial charge in [0.05, 0.1) is 35.1 Å². The number of carbonyl (C=O) groups is 1. The molecule has 2 heterocycles. The minimum absolute atomic E-state index is 0.221. The van der Waals surface area contributed by atoms with Crippen LogP contribution in [0.1, 0.15) is 44.4 Å². The highest BCUT2D eigenvalue weighted by atomic mass is 32.1. The maximum atomic E-state index is 13.7. The van der Waals surface area contributed by atoms with Crippen molar-refractivity contribution < 1.29 is 19.0 Å². The van der Waals surface area contributed by atoms with Gasteiger partial charge in [0.2, 0.25) is 0 Å². The summed E-state index contributed by atoms with van der Waals surface area (Å²) in [5.74, 6) is 0.967. The summed E-state index contributed by atoms with van der Waals surface area (Å²) in [4.78, 5) is 31.9. The molecule has 192 valence electrons. The third kappa shape index (κ3) is 5.75. The van der Waals surface area contributed by atoms with Gasteiger partial charge >= 0.3 is 5.97 Å². The number of aromatic nitrogens is 1. The lowest BCUT2D eigenvalue weighted by Crippen LogP contribution is -2.39. The molecule has 1 aliphatic rings. The van der Waals surface area contributed by atoms with E-state index in [4.69, 9.17) is 14.2 Å². The molecule has 0 unspecified atom stereocenters. The maximum Gasteiger partial charge on any atom is 0.338 e. The first-order valence-corrected chi connectivity index (χ1v) is 13.0. The van der Waals surface area contributed by atoms with Crippen molar-refractivity contribution in [1.29, 1.82) is 0 Å². The lowest BCUT2D eigenvalue weighted by Gasteiger charge is -2.24. The van der Waals surface area contributed by atoms with Gasteiger partial charge in [-0.15, -0.1) is 0 Å². The lowest BCUT2D eigenvalue weighted by atomic mass is 9.96. The van der Waals surface area contributed by atoms with Crippen molar-refractivity contribution in [2.75, 3.05) is 19.8 Å². The molecule has 0 fully saturated rings. The fraction of sp³-hybridized carbons (Fsp3) is 0.276. The zero-order valence-corrected chi connectivity index (χ0v) is 22.0. The highest BCUT2D eigenvalue weighted by Crippen LogP contribution is 2.31. The average molecular weight is 519 g/mol. The van der Waals surface area contributed by atoms with Crippen LogP contribution < -0.4 is 24.4 Å². The monoisotopic (exact) mass is 518 g/mol. The van der Waals surface area contributed by atoms with E-state index in [-0.39, 0.29) is 12.2 Å². The van der Waals surface area contributed by atoms with Gasteiger partial charge in [-0.05, 0) is 61.7 Å². The summed E-state index contributed by atoms with van der Waals surface area (Å²) in [6.45, 7) is 10.5. The van der Waals surface area contributed by atoms with Crippen LogP contribution in [-0.4, -0.2) is 30.4 Å². The second-order valence-corrected chi connectivity index (χ2v) is 9.40. The second kappa shape index (κ2) is 11.9. The van der Waals surface area contributed by atoms with Crippen LogP contribution in [0.5, 0.6) is 11.5 Å². The van der Waals surface area contributed by atoms with Gasteiger partial charge in [0.25, 0.3) is 5.56 Å². The Kier molecular flexibility index (Phi) is 8.40. The fourth-order valence-electron chi connectivity index (χ4n) is 4.04. The van der Waals surface area contributed by atoms with E-state index in [1.807, 2.05) is 54.6 Å². The van der Waals surface area contributed by atoms with Gasteiger partial charge in [0.15, 0.2) is 4.80 Å². The average Bonchev–Trinajstić information content (AvgIpc) is 3.20. The SMILES string of the molecule is C=CCOc1ccc([C@H]2C(C(=O)OCC)=C(C)N=c3s/c(=C\c4ccc(OCCC)cc4)c(=O)n32)cc1. The highest BCUT2D eigenvalue weighted by Gasteiger charge is 2.33. The summed E-state index contributed by atoms with van der Waals surface area (Å²) in [6.07, 6.45) is 4.43. The van der Waals surface area contributed by atoms with Gasteiger partial charge in [-0.1, -0.05) is 55.2 Å². The van der Waals surface area contributed by atoms with Crippen molar-refractivity contribution in [3.63, 3.8) is 0 Å². The van der Waals surface area contributed by atoms with Crippen LogP contribution in [0.3, 0.4) is 0 Å². The highest BCUT2D eigenvalue weighted by molar-refractivity contribution is 7.07. The molecule has 7 nitrogen and oxygen atoms in total. The Morgan fingerprint density at radius 2 is 1.76 bits per heavy atom. The number of fused-ring (bicyclic) bond motifs is 1. The molecular formula is C29H30N2O5S. The minimum Gasteiger partial charge on any atom is -0.494 e. The van der Waals surface area contributed by atoms with Crippen molar-refractivity contribution in [1.82, 2.24) is 4.57 Å². The van der Waals surface area contributed by atoms with E-state index in [1.165, 1.54) is 11.3 Å². The Balaban J connectivity index is 1.80. The molecule has 0 amide bonds. The molecule has 0 saturated heterocycles. The molecule has 0 saturated carbocycles. The molecular weight excluding hydrogens is 488 g/mol. The minimum atomic E-state index is -0.671. The van der Waals surface area contributed by atoms with Crippen LogP contribution in [0.25, 0.3) is 6.08 Å². The zero-order chi connectivity index (χ0) is 26.4. The van der Waals surface area contributed by atoms with Gasteiger partial charge in [0.1, 0.15) is 18.1 Å². The van der Waals surface area contributed by atoms with Crippen molar-refractivity contribution in [2.45, 2.75) is 33.2 Å². The molecule has 0 bridgehead atoms. The first-order chi connectivity index (χ1) is 18.0. The fourth-order valence-corrected chi connectivity index (χ4v) is 5.09. The summed E-state index contributed by atoms with van der Waals surface area (Å²) in [7, 11) is 0. The number of rotatable bonds is 10. The van der Waals surface area contributed by atoms with Crippen LogP contribution in [0.15, 0.2) is 82.2 Å². The largest absolute Gasteiger partial charge is 0.494 e. The van der Waals surface area contributed by atoms with E-state index in [9.17, 15) is 9.59 Å². The maximum absolute atomic E-state index is 13.7. The molecule has 0 radical (unpaired) electrons. The zero-order valence-electron chi connectivity index (χ0n) is 21.2. The predicted molar refractivity (Wildman–Crippen MR) is 145 cm³/mol. The molecule has 1 atom stereocenters. The smallest absolute Gasteiger partial charge is 0.338 e. The summed E-state index contributed by atoms with van der Waals surface area (Å²) in [5, 5.41) is 0. The van der Waals surface area contributed by atoms with Crippen molar-refractivity contribution in [3.05, 3.63) is 103 Å². The van der Waals surface area contributed by atoms with E-state index < -0.39 is 12.0 Å². The molecule has 3 aromatic rings. The summed E-state index contributed by atoms with van der Waals surface area (Å²) in [6, 6.07) is 14.3. The van der Waals surface area contributed by atoms with Crippen LogP contribution in [0, 0.1) is 0 Å². The van der Waals surface area contributed by atoms with Crippen molar-refractivity contribution in [2.24, 2.45) is 4.99 Å². The number of benzene rings is 2. The standard InChI is InChI=1S/C29H30N2O5S/c1-5-16-35-22-12-8-20(9-13-22)18-24-27(32)31-26(21-10-14-23(15-11-21)36-17-6-2)25(28(33)34-7-3)19(4)30-29(31)37-24/h6,8-15,18,26H,2,5,7,16-17H2,1,3-4H3/b24-18-/t26-/m0/s1. The number of hydrogen-bond acceptors (Lipinski definition) is 7. The number of allylic oxidation sites excluding steroid dienone is 1. The van der Waals surface area contributed by atoms with Crippen molar-refractivity contribution >= 4 is 23.4 Å². The van der Waals surface area contributed by atoms with Gasteiger partial charge < -0.3 is 14.2 Å². The van der Waals surface area contributed by atoms with Crippen LogP contribution in [-0.2, 0) is 9.53 Å². The third-order valence-electron chi connectivity index (χ3n) is 5.73. The Morgan fingerprint density at radius 1 is 1.08 bits per heavy atom. The third-order valence-corrected chi connectivity index (χ3v) is 6.71. The first kappa shape index (κ1) is 26.2. The Morgan fingerprint density at radius 3 is 2.41 bits per heavy atom. The van der Waals surface area contributed by atoms with Gasteiger partial charge in [-0.2, -0.15) is 0 Å². The molecule has 0 aliphatic carbocycles. The predicted octanol–water partition coefficient (Wildman–Crippen LogP) is 4.15. The Labute approximate surface area is 219 Å². The van der Waals surface area contributed by atoms with Crippen LogP contribution in [0.2, 0.25) is 0 Å². The normalized spacial score (nSPS) is 15.1. The van der Waals surface area contributed by atoms with Gasteiger partial charge in [0, 0.05) is 0 Å². The Hall–Kier alpha value is -3.91. The number of ether oxygens (including phenoxy) is 3. The van der Waals surface area contributed by atoms with E-state index >= 15 is 0 Å². The number of hydrogen-bond donors (Lipinski definition) is 0. The summed E-state index contributed by atoms with van der Waals surface area (Å²) < 4.78 is 18.7.